The summed E-state index contributed by atoms with van der Waals surface area (Å²) in [5.74, 6) is 0.798. The number of hydrogen-bond donors (Lipinski definition) is 1. The molecule has 0 fully saturated rings. The monoisotopic (exact) mass is 280 g/mol. The van der Waals surface area contributed by atoms with E-state index in [4.69, 9.17) is 4.52 Å². The molecule has 0 aliphatic rings. The molecule has 0 aliphatic carbocycles. The number of rotatable bonds is 3. The number of hydrogen-bond acceptors (Lipinski definition) is 3. The van der Waals surface area contributed by atoms with Crippen molar-refractivity contribution in [2.75, 3.05) is 11.9 Å². The van der Waals surface area contributed by atoms with E-state index in [9.17, 15) is 0 Å². The van der Waals surface area contributed by atoms with E-state index in [0.717, 1.165) is 33.7 Å². The first kappa shape index (κ1) is 11.2. The van der Waals surface area contributed by atoms with Gasteiger partial charge in [-0.15, -0.1) is 0 Å². The summed E-state index contributed by atoms with van der Waals surface area (Å²) in [6, 6.07) is 7.99. The van der Waals surface area contributed by atoms with Crippen LogP contribution in [0.5, 0.6) is 0 Å². The van der Waals surface area contributed by atoms with Crippen molar-refractivity contribution in [2.24, 2.45) is 0 Å². The number of anilines is 1. The van der Waals surface area contributed by atoms with Crippen molar-refractivity contribution in [3.05, 3.63) is 34.4 Å². The Bertz CT molecular complexity index is 476. The molecule has 4 heteroatoms. The number of aryl methyl sites for hydroxylation is 1. The predicted molar refractivity (Wildman–Crippen MR) is 68.5 cm³/mol. The third kappa shape index (κ3) is 2.11. The Kier molecular flexibility index (Phi) is 3.29. The summed E-state index contributed by atoms with van der Waals surface area (Å²) >= 11 is 3.41. The van der Waals surface area contributed by atoms with Crippen molar-refractivity contribution >= 4 is 21.6 Å². The van der Waals surface area contributed by atoms with Crippen LogP contribution < -0.4 is 5.32 Å². The lowest BCUT2D eigenvalue weighted by molar-refractivity contribution is 0.427. The van der Waals surface area contributed by atoms with Gasteiger partial charge in [0.2, 0.25) is 0 Å². The van der Waals surface area contributed by atoms with Gasteiger partial charge in [0.15, 0.2) is 5.76 Å². The molecule has 84 valence electrons. The topological polar surface area (TPSA) is 38.1 Å². The van der Waals surface area contributed by atoms with E-state index in [1.54, 1.807) is 0 Å². The van der Waals surface area contributed by atoms with Gasteiger partial charge in [-0.2, -0.15) is 0 Å². The fraction of sp³-hybridized carbons (Fsp3) is 0.250. The minimum atomic E-state index is 0.798. The third-order valence-corrected chi connectivity index (χ3v) is 2.85. The van der Waals surface area contributed by atoms with E-state index in [1.165, 1.54) is 0 Å². The highest BCUT2D eigenvalue weighted by atomic mass is 79.9. The van der Waals surface area contributed by atoms with E-state index in [-0.39, 0.29) is 0 Å². The number of nitrogens with one attached hydrogen (secondary N) is 1. The zero-order chi connectivity index (χ0) is 11.5. The fourth-order valence-corrected chi connectivity index (χ4v) is 1.82. The van der Waals surface area contributed by atoms with Crippen LogP contribution >= 0.6 is 15.9 Å². The molecular formula is C12H13BrN2O. The largest absolute Gasteiger partial charge is 0.381 e. The van der Waals surface area contributed by atoms with Crippen molar-refractivity contribution < 1.29 is 4.52 Å². The van der Waals surface area contributed by atoms with Gasteiger partial charge in [0.25, 0.3) is 0 Å². The minimum absolute atomic E-state index is 0.798. The molecule has 2 aromatic rings. The van der Waals surface area contributed by atoms with Gasteiger partial charge in [-0.05, 0) is 38.1 Å². The molecule has 3 nitrogen and oxygen atoms in total. The highest BCUT2D eigenvalue weighted by molar-refractivity contribution is 9.10. The summed E-state index contributed by atoms with van der Waals surface area (Å²) in [7, 11) is 0. The zero-order valence-corrected chi connectivity index (χ0v) is 10.8. The SMILES string of the molecule is CCNc1c(C)noc1-c1ccc(Br)cc1. The minimum Gasteiger partial charge on any atom is -0.381 e. The van der Waals surface area contributed by atoms with Crippen LogP contribution in [0.25, 0.3) is 11.3 Å². The molecule has 1 heterocycles. The van der Waals surface area contributed by atoms with Crippen molar-refractivity contribution in [3.8, 4) is 11.3 Å². The first-order valence-electron chi connectivity index (χ1n) is 5.18. The first-order valence-corrected chi connectivity index (χ1v) is 5.97. The molecule has 0 aliphatic heterocycles. The standard InChI is InChI=1S/C12H13BrN2O/c1-3-14-11-8(2)15-16-12(11)9-4-6-10(13)7-5-9/h4-7,14H,3H2,1-2H3. The van der Waals surface area contributed by atoms with Gasteiger partial charge in [0.05, 0.1) is 0 Å². The maximum atomic E-state index is 5.35. The molecule has 16 heavy (non-hydrogen) atoms. The number of halogens is 1. The lowest BCUT2D eigenvalue weighted by Gasteiger charge is -2.03. The Labute approximate surface area is 103 Å². The van der Waals surface area contributed by atoms with Crippen LogP contribution in [0.4, 0.5) is 5.69 Å². The Morgan fingerprint density at radius 2 is 2.00 bits per heavy atom. The highest BCUT2D eigenvalue weighted by Crippen LogP contribution is 2.31. The van der Waals surface area contributed by atoms with E-state index >= 15 is 0 Å². The summed E-state index contributed by atoms with van der Waals surface area (Å²) in [4.78, 5) is 0. The van der Waals surface area contributed by atoms with Crippen LogP contribution in [-0.2, 0) is 0 Å². The average Bonchev–Trinajstić information content (AvgIpc) is 2.63. The number of benzene rings is 1. The van der Waals surface area contributed by atoms with Gasteiger partial charge in [0, 0.05) is 16.6 Å². The van der Waals surface area contributed by atoms with Crippen molar-refractivity contribution in [2.45, 2.75) is 13.8 Å². The number of nitrogens with zero attached hydrogens (tertiary/aromatic N) is 1. The molecule has 0 atom stereocenters. The second-order valence-corrected chi connectivity index (χ2v) is 4.43. The van der Waals surface area contributed by atoms with E-state index in [2.05, 4.69) is 33.3 Å². The van der Waals surface area contributed by atoms with Crippen LogP contribution in [0.15, 0.2) is 33.3 Å². The summed E-state index contributed by atoms with van der Waals surface area (Å²) in [5.41, 5.74) is 2.89. The molecule has 1 aromatic heterocycles. The second-order valence-electron chi connectivity index (χ2n) is 3.51. The summed E-state index contributed by atoms with van der Waals surface area (Å²) in [6.45, 7) is 4.84. The van der Waals surface area contributed by atoms with E-state index in [0.29, 0.717) is 0 Å². The Morgan fingerprint density at radius 3 is 2.62 bits per heavy atom. The Balaban J connectivity index is 2.43. The number of aromatic nitrogens is 1. The summed E-state index contributed by atoms with van der Waals surface area (Å²) < 4.78 is 6.40. The van der Waals surface area contributed by atoms with Gasteiger partial charge in [0.1, 0.15) is 11.4 Å². The fourth-order valence-electron chi connectivity index (χ4n) is 1.55. The average molecular weight is 281 g/mol. The van der Waals surface area contributed by atoms with Crippen LogP contribution in [0.1, 0.15) is 12.6 Å². The molecule has 1 aromatic carbocycles. The predicted octanol–water partition coefficient (Wildman–Crippen LogP) is 3.84. The summed E-state index contributed by atoms with van der Waals surface area (Å²) in [5, 5.41) is 7.25. The van der Waals surface area contributed by atoms with Gasteiger partial charge in [-0.3, -0.25) is 0 Å². The Hall–Kier alpha value is -1.29. The van der Waals surface area contributed by atoms with Gasteiger partial charge in [-0.1, -0.05) is 21.1 Å². The molecule has 2 rings (SSSR count). The van der Waals surface area contributed by atoms with E-state index in [1.807, 2.05) is 31.2 Å². The van der Waals surface area contributed by atoms with Gasteiger partial charge < -0.3 is 9.84 Å². The lowest BCUT2D eigenvalue weighted by Crippen LogP contribution is -1.98. The maximum Gasteiger partial charge on any atom is 0.190 e. The Morgan fingerprint density at radius 1 is 1.31 bits per heavy atom. The van der Waals surface area contributed by atoms with Crippen LogP contribution in [0, 0.1) is 6.92 Å². The third-order valence-electron chi connectivity index (χ3n) is 2.32. The molecule has 0 radical (unpaired) electrons. The van der Waals surface area contributed by atoms with Crippen LogP contribution in [0.3, 0.4) is 0 Å². The molecule has 0 bridgehead atoms. The van der Waals surface area contributed by atoms with Gasteiger partial charge >= 0.3 is 0 Å². The molecule has 1 N–H and O–H groups in total. The smallest absolute Gasteiger partial charge is 0.190 e. The molecular weight excluding hydrogens is 268 g/mol. The van der Waals surface area contributed by atoms with E-state index < -0.39 is 0 Å². The van der Waals surface area contributed by atoms with Crippen LogP contribution in [0.2, 0.25) is 0 Å². The highest BCUT2D eigenvalue weighted by Gasteiger charge is 2.13. The van der Waals surface area contributed by atoms with Crippen molar-refractivity contribution in [3.63, 3.8) is 0 Å². The molecule has 0 amide bonds. The van der Waals surface area contributed by atoms with Gasteiger partial charge in [-0.25, -0.2) is 0 Å². The molecule has 0 spiro atoms. The quantitative estimate of drug-likeness (QED) is 0.928. The lowest BCUT2D eigenvalue weighted by atomic mass is 10.1. The van der Waals surface area contributed by atoms with Crippen molar-refractivity contribution in [1.29, 1.82) is 0 Å². The second kappa shape index (κ2) is 4.70. The maximum absolute atomic E-state index is 5.35. The normalized spacial score (nSPS) is 10.4. The molecule has 0 saturated heterocycles. The molecule has 0 unspecified atom stereocenters. The van der Waals surface area contributed by atoms with Crippen molar-refractivity contribution in [1.82, 2.24) is 5.16 Å². The molecule has 0 saturated carbocycles. The van der Waals surface area contributed by atoms with Crippen LogP contribution in [-0.4, -0.2) is 11.7 Å². The summed E-state index contributed by atoms with van der Waals surface area (Å²) in [6.07, 6.45) is 0. The zero-order valence-electron chi connectivity index (χ0n) is 9.25. The first-order chi connectivity index (χ1) is 7.72.